The van der Waals surface area contributed by atoms with Crippen LogP contribution in [0.25, 0.3) is 0 Å². The van der Waals surface area contributed by atoms with Crippen LogP contribution >= 0.6 is 11.8 Å². The lowest BCUT2D eigenvalue weighted by Crippen LogP contribution is -2.21. The SMILES string of the molecule is CCSc1ccccc1C(=O)OCC(=O)Nc1ccc(OC)cc1. The van der Waals surface area contributed by atoms with E-state index in [0.717, 1.165) is 10.6 Å². The first-order valence-electron chi connectivity index (χ1n) is 7.47. The van der Waals surface area contributed by atoms with Crippen molar-refractivity contribution in [2.45, 2.75) is 11.8 Å². The van der Waals surface area contributed by atoms with E-state index in [0.29, 0.717) is 17.0 Å². The summed E-state index contributed by atoms with van der Waals surface area (Å²) in [6.45, 7) is 1.67. The molecule has 0 atom stereocenters. The number of amides is 1. The molecule has 6 heteroatoms. The molecule has 0 saturated carbocycles. The summed E-state index contributed by atoms with van der Waals surface area (Å²) < 4.78 is 10.2. The molecular formula is C18H19NO4S. The minimum atomic E-state index is -0.503. The molecule has 0 saturated heterocycles. The van der Waals surface area contributed by atoms with Crippen LogP contribution in [0, 0.1) is 0 Å². The van der Waals surface area contributed by atoms with E-state index in [-0.39, 0.29) is 6.61 Å². The molecule has 24 heavy (non-hydrogen) atoms. The Morgan fingerprint density at radius 1 is 1.08 bits per heavy atom. The van der Waals surface area contributed by atoms with Gasteiger partial charge in [-0.2, -0.15) is 0 Å². The van der Waals surface area contributed by atoms with Crippen molar-refractivity contribution in [2.24, 2.45) is 0 Å². The maximum Gasteiger partial charge on any atom is 0.339 e. The smallest absolute Gasteiger partial charge is 0.339 e. The largest absolute Gasteiger partial charge is 0.497 e. The molecule has 0 radical (unpaired) electrons. The number of ether oxygens (including phenoxy) is 2. The fourth-order valence-corrected chi connectivity index (χ4v) is 2.79. The molecule has 0 aliphatic carbocycles. The molecule has 0 bridgehead atoms. The first kappa shape index (κ1) is 17.9. The van der Waals surface area contributed by atoms with Crippen LogP contribution < -0.4 is 10.1 Å². The topological polar surface area (TPSA) is 64.6 Å². The Bertz CT molecular complexity index is 700. The normalized spacial score (nSPS) is 10.1. The molecule has 2 rings (SSSR count). The Hall–Kier alpha value is -2.47. The number of carbonyl (C=O) groups excluding carboxylic acids is 2. The van der Waals surface area contributed by atoms with E-state index < -0.39 is 11.9 Å². The summed E-state index contributed by atoms with van der Waals surface area (Å²) in [5.41, 5.74) is 1.08. The summed E-state index contributed by atoms with van der Waals surface area (Å²) in [7, 11) is 1.57. The average Bonchev–Trinajstić information content (AvgIpc) is 2.61. The van der Waals surface area contributed by atoms with Crippen LogP contribution in [0.4, 0.5) is 5.69 Å². The predicted octanol–water partition coefficient (Wildman–Crippen LogP) is 3.60. The third-order valence-corrected chi connectivity index (χ3v) is 4.07. The monoisotopic (exact) mass is 345 g/mol. The molecule has 5 nitrogen and oxygen atoms in total. The Morgan fingerprint density at radius 2 is 1.79 bits per heavy atom. The summed E-state index contributed by atoms with van der Waals surface area (Å²) in [6, 6.07) is 14.1. The second-order valence-corrected chi connectivity index (χ2v) is 6.09. The lowest BCUT2D eigenvalue weighted by Gasteiger charge is -2.09. The highest BCUT2D eigenvalue weighted by Gasteiger charge is 2.14. The fourth-order valence-electron chi connectivity index (χ4n) is 2.00. The van der Waals surface area contributed by atoms with Crippen LogP contribution in [-0.4, -0.2) is 31.3 Å². The summed E-state index contributed by atoms with van der Waals surface area (Å²) >= 11 is 1.56. The molecule has 2 aromatic rings. The van der Waals surface area contributed by atoms with Gasteiger partial charge in [0.05, 0.1) is 12.7 Å². The van der Waals surface area contributed by atoms with Gasteiger partial charge in [-0.25, -0.2) is 4.79 Å². The van der Waals surface area contributed by atoms with Crippen molar-refractivity contribution in [1.29, 1.82) is 0 Å². The number of methoxy groups -OCH3 is 1. The van der Waals surface area contributed by atoms with Gasteiger partial charge in [0.1, 0.15) is 5.75 Å². The Morgan fingerprint density at radius 3 is 2.46 bits per heavy atom. The van der Waals surface area contributed by atoms with E-state index in [1.165, 1.54) is 0 Å². The van der Waals surface area contributed by atoms with Gasteiger partial charge in [0, 0.05) is 10.6 Å². The number of nitrogens with one attached hydrogen (secondary N) is 1. The van der Waals surface area contributed by atoms with Crippen LogP contribution in [0.15, 0.2) is 53.4 Å². The average molecular weight is 345 g/mol. The summed E-state index contributed by atoms with van der Waals surface area (Å²) in [5.74, 6) is 0.650. The summed E-state index contributed by atoms with van der Waals surface area (Å²) in [5, 5.41) is 2.66. The first-order valence-corrected chi connectivity index (χ1v) is 8.45. The molecule has 2 aromatic carbocycles. The number of anilines is 1. The number of hydrogen-bond acceptors (Lipinski definition) is 5. The number of benzene rings is 2. The van der Waals surface area contributed by atoms with E-state index in [2.05, 4.69) is 5.32 Å². The van der Waals surface area contributed by atoms with Gasteiger partial charge in [0.25, 0.3) is 5.91 Å². The maximum atomic E-state index is 12.1. The first-order chi connectivity index (χ1) is 11.6. The van der Waals surface area contributed by atoms with Crippen LogP contribution in [0.5, 0.6) is 5.75 Å². The zero-order chi connectivity index (χ0) is 17.4. The van der Waals surface area contributed by atoms with Crippen LogP contribution in [-0.2, 0) is 9.53 Å². The molecule has 0 aromatic heterocycles. The maximum absolute atomic E-state index is 12.1. The lowest BCUT2D eigenvalue weighted by molar-refractivity contribution is -0.119. The van der Waals surface area contributed by atoms with Crippen molar-refractivity contribution in [3.63, 3.8) is 0 Å². The lowest BCUT2D eigenvalue weighted by atomic mass is 10.2. The van der Waals surface area contributed by atoms with Gasteiger partial charge < -0.3 is 14.8 Å². The van der Waals surface area contributed by atoms with Crippen molar-refractivity contribution in [1.82, 2.24) is 0 Å². The van der Waals surface area contributed by atoms with Gasteiger partial charge in [-0.15, -0.1) is 11.8 Å². The van der Waals surface area contributed by atoms with Gasteiger partial charge in [0.15, 0.2) is 6.61 Å². The molecule has 1 amide bonds. The zero-order valence-electron chi connectivity index (χ0n) is 13.6. The molecule has 0 heterocycles. The van der Waals surface area contributed by atoms with E-state index in [1.54, 1.807) is 55.3 Å². The third-order valence-electron chi connectivity index (χ3n) is 3.11. The summed E-state index contributed by atoms with van der Waals surface area (Å²) in [6.07, 6.45) is 0. The van der Waals surface area contributed by atoms with Crippen LogP contribution in [0.3, 0.4) is 0 Å². The third kappa shape index (κ3) is 5.03. The second-order valence-electron chi connectivity index (χ2n) is 4.78. The fraction of sp³-hybridized carbons (Fsp3) is 0.222. The number of thioether (sulfide) groups is 1. The van der Waals surface area contributed by atoms with E-state index in [4.69, 9.17) is 9.47 Å². The van der Waals surface area contributed by atoms with Crippen molar-refractivity contribution in [2.75, 3.05) is 24.8 Å². The zero-order valence-corrected chi connectivity index (χ0v) is 14.4. The molecule has 0 fully saturated rings. The van der Waals surface area contributed by atoms with Gasteiger partial charge >= 0.3 is 5.97 Å². The Balaban J connectivity index is 1.90. The standard InChI is InChI=1S/C18H19NO4S/c1-3-24-16-7-5-4-6-15(16)18(21)23-12-17(20)19-13-8-10-14(22-2)11-9-13/h4-11H,3,12H2,1-2H3,(H,19,20). The molecule has 0 aliphatic heterocycles. The van der Waals surface area contributed by atoms with E-state index in [9.17, 15) is 9.59 Å². The number of carbonyl (C=O) groups is 2. The molecule has 126 valence electrons. The van der Waals surface area contributed by atoms with Gasteiger partial charge in [-0.3, -0.25) is 4.79 Å². The van der Waals surface area contributed by atoms with Crippen molar-refractivity contribution in [3.05, 3.63) is 54.1 Å². The quantitative estimate of drug-likeness (QED) is 0.613. The van der Waals surface area contributed by atoms with Crippen LogP contribution in [0.1, 0.15) is 17.3 Å². The van der Waals surface area contributed by atoms with Gasteiger partial charge in [-0.1, -0.05) is 19.1 Å². The van der Waals surface area contributed by atoms with Gasteiger partial charge in [0.2, 0.25) is 0 Å². The molecule has 1 N–H and O–H groups in total. The minimum absolute atomic E-state index is 0.337. The molecule has 0 unspecified atom stereocenters. The van der Waals surface area contributed by atoms with Crippen molar-refractivity contribution < 1.29 is 19.1 Å². The van der Waals surface area contributed by atoms with Crippen molar-refractivity contribution >= 4 is 29.3 Å². The highest BCUT2D eigenvalue weighted by atomic mass is 32.2. The van der Waals surface area contributed by atoms with E-state index in [1.807, 2.05) is 19.1 Å². The van der Waals surface area contributed by atoms with Crippen LogP contribution in [0.2, 0.25) is 0 Å². The molecule has 0 spiro atoms. The highest BCUT2D eigenvalue weighted by molar-refractivity contribution is 7.99. The molecule has 0 aliphatic rings. The Kier molecular flexibility index (Phi) is 6.69. The second kappa shape index (κ2) is 8.98. The van der Waals surface area contributed by atoms with Gasteiger partial charge in [-0.05, 0) is 42.2 Å². The number of hydrogen-bond donors (Lipinski definition) is 1. The minimum Gasteiger partial charge on any atom is -0.497 e. The molecular weight excluding hydrogens is 326 g/mol. The Labute approximate surface area is 145 Å². The highest BCUT2D eigenvalue weighted by Crippen LogP contribution is 2.23. The predicted molar refractivity (Wildman–Crippen MR) is 94.7 cm³/mol. The number of esters is 1. The van der Waals surface area contributed by atoms with Crippen molar-refractivity contribution in [3.8, 4) is 5.75 Å². The summed E-state index contributed by atoms with van der Waals surface area (Å²) in [4.78, 5) is 24.9. The number of rotatable bonds is 7. The van der Waals surface area contributed by atoms with E-state index >= 15 is 0 Å².